The Morgan fingerprint density at radius 1 is 1.44 bits per heavy atom. The van der Waals surface area contributed by atoms with E-state index in [0.717, 1.165) is 0 Å². The first kappa shape index (κ1) is 12.1. The van der Waals surface area contributed by atoms with E-state index < -0.39 is 5.97 Å². The van der Waals surface area contributed by atoms with Crippen LogP contribution >= 0.6 is 0 Å². The van der Waals surface area contributed by atoms with Gasteiger partial charge in [-0.3, -0.25) is 9.20 Å². The summed E-state index contributed by atoms with van der Waals surface area (Å²) < 4.78 is 6.55. The first-order chi connectivity index (χ1) is 8.63. The molecule has 0 aliphatic heterocycles. The van der Waals surface area contributed by atoms with E-state index in [1.165, 1.54) is 6.92 Å². The monoisotopic (exact) mass is 247 g/mol. The van der Waals surface area contributed by atoms with Crippen molar-refractivity contribution in [1.29, 1.82) is 0 Å². The van der Waals surface area contributed by atoms with Gasteiger partial charge in [-0.1, -0.05) is 6.07 Å². The van der Waals surface area contributed by atoms with Crippen LogP contribution in [-0.2, 0) is 9.53 Å². The molecule has 0 saturated carbocycles. The van der Waals surface area contributed by atoms with Crippen LogP contribution in [0, 0.1) is 0 Å². The summed E-state index contributed by atoms with van der Waals surface area (Å²) in [5.74, 6) is -0.493. The summed E-state index contributed by atoms with van der Waals surface area (Å²) in [4.78, 5) is 27.1. The molecule has 0 aliphatic rings. The highest BCUT2D eigenvalue weighted by atomic mass is 16.5. The van der Waals surface area contributed by atoms with E-state index >= 15 is 0 Å². The lowest BCUT2D eigenvalue weighted by Gasteiger charge is -2.04. The lowest BCUT2D eigenvalue weighted by Crippen LogP contribution is -2.13. The SMILES string of the molecule is CCOC(=O)c1nc2ccccn2c1NC(C)=O. The quantitative estimate of drug-likeness (QED) is 0.833. The van der Waals surface area contributed by atoms with Crippen molar-refractivity contribution in [2.75, 3.05) is 11.9 Å². The zero-order valence-corrected chi connectivity index (χ0v) is 10.1. The molecule has 6 nitrogen and oxygen atoms in total. The Kier molecular flexibility index (Phi) is 3.27. The number of nitrogens with one attached hydrogen (secondary N) is 1. The van der Waals surface area contributed by atoms with Crippen LogP contribution in [0.2, 0.25) is 0 Å². The van der Waals surface area contributed by atoms with E-state index in [1.54, 1.807) is 35.7 Å². The molecule has 18 heavy (non-hydrogen) atoms. The maximum absolute atomic E-state index is 11.8. The van der Waals surface area contributed by atoms with Crippen molar-refractivity contribution in [3.8, 4) is 0 Å². The summed E-state index contributed by atoms with van der Waals surface area (Å²) in [6, 6.07) is 5.33. The molecule has 94 valence electrons. The van der Waals surface area contributed by atoms with E-state index in [-0.39, 0.29) is 18.2 Å². The van der Waals surface area contributed by atoms with Gasteiger partial charge in [-0.2, -0.15) is 0 Å². The molecule has 2 aromatic rings. The third kappa shape index (κ3) is 2.17. The third-order valence-electron chi connectivity index (χ3n) is 2.29. The van der Waals surface area contributed by atoms with Crippen molar-refractivity contribution in [1.82, 2.24) is 9.38 Å². The molecule has 0 unspecified atom stereocenters. The predicted molar refractivity (Wildman–Crippen MR) is 65.5 cm³/mol. The van der Waals surface area contributed by atoms with Gasteiger partial charge < -0.3 is 10.1 Å². The normalized spacial score (nSPS) is 10.3. The first-order valence-corrected chi connectivity index (χ1v) is 5.55. The van der Waals surface area contributed by atoms with E-state index in [0.29, 0.717) is 11.5 Å². The van der Waals surface area contributed by atoms with Crippen LogP contribution in [0.4, 0.5) is 5.82 Å². The van der Waals surface area contributed by atoms with E-state index in [4.69, 9.17) is 4.74 Å². The molecule has 0 saturated heterocycles. The van der Waals surface area contributed by atoms with Gasteiger partial charge in [-0.15, -0.1) is 0 Å². The van der Waals surface area contributed by atoms with E-state index in [9.17, 15) is 9.59 Å². The summed E-state index contributed by atoms with van der Waals surface area (Å²) in [6.07, 6.45) is 1.72. The van der Waals surface area contributed by atoms with E-state index in [1.807, 2.05) is 0 Å². The van der Waals surface area contributed by atoms with Gasteiger partial charge in [-0.05, 0) is 19.1 Å². The number of carbonyl (C=O) groups is 2. The van der Waals surface area contributed by atoms with Crippen molar-refractivity contribution < 1.29 is 14.3 Å². The van der Waals surface area contributed by atoms with Gasteiger partial charge in [0.15, 0.2) is 11.5 Å². The Bertz CT molecular complexity index is 604. The molecule has 0 aromatic carbocycles. The summed E-state index contributed by atoms with van der Waals surface area (Å²) in [7, 11) is 0. The van der Waals surface area contributed by atoms with Gasteiger partial charge in [0.05, 0.1) is 6.61 Å². The van der Waals surface area contributed by atoms with Crippen molar-refractivity contribution >= 4 is 23.3 Å². The van der Waals surface area contributed by atoms with Crippen molar-refractivity contribution in [2.45, 2.75) is 13.8 Å². The number of amides is 1. The third-order valence-corrected chi connectivity index (χ3v) is 2.29. The topological polar surface area (TPSA) is 72.7 Å². The number of nitrogens with zero attached hydrogens (tertiary/aromatic N) is 2. The largest absolute Gasteiger partial charge is 0.461 e. The number of esters is 1. The lowest BCUT2D eigenvalue weighted by molar-refractivity contribution is -0.114. The second kappa shape index (κ2) is 4.87. The van der Waals surface area contributed by atoms with Gasteiger partial charge in [-0.25, -0.2) is 9.78 Å². The summed E-state index contributed by atoms with van der Waals surface area (Å²) in [5.41, 5.74) is 0.683. The minimum Gasteiger partial charge on any atom is -0.461 e. The van der Waals surface area contributed by atoms with Gasteiger partial charge >= 0.3 is 5.97 Å². The fourth-order valence-corrected chi connectivity index (χ4v) is 1.62. The van der Waals surface area contributed by atoms with Crippen LogP contribution in [0.25, 0.3) is 5.65 Å². The Balaban J connectivity index is 2.56. The van der Waals surface area contributed by atoms with Crippen molar-refractivity contribution in [3.05, 3.63) is 30.1 Å². The second-order valence-electron chi connectivity index (χ2n) is 3.64. The zero-order chi connectivity index (χ0) is 13.1. The number of ether oxygens (including phenoxy) is 1. The molecule has 6 heteroatoms. The molecule has 0 spiro atoms. The second-order valence-corrected chi connectivity index (χ2v) is 3.64. The average Bonchev–Trinajstić information content (AvgIpc) is 2.68. The number of rotatable bonds is 3. The molecule has 0 fully saturated rings. The highest BCUT2D eigenvalue weighted by Gasteiger charge is 2.20. The van der Waals surface area contributed by atoms with Crippen LogP contribution in [0.1, 0.15) is 24.3 Å². The van der Waals surface area contributed by atoms with Crippen LogP contribution in [0.3, 0.4) is 0 Å². The number of carbonyl (C=O) groups excluding carboxylic acids is 2. The maximum Gasteiger partial charge on any atom is 0.360 e. The lowest BCUT2D eigenvalue weighted by atomic mass is 10.4. The fourth-order valence-electron chi connectivity index (χ4n) is 1.62. The number of anilines is 1. The molecule has 2 heterocycles. The molecular formula is C12H13N3O3. The van der Waals surface area contributed by atoms with Crippen LogP contribution in [-0.4, -0.2) is 27.9 Å². The smallest absolute Gasteiger partial charge is 0.360 e. The first-order valence-electron chi connectivity index (χ1n) is 5.55. The molecule has 1 amide bonds. The molecule has 1 N–H and O–H groups in total. The Morgan fingerprint density at radius 2 is 2.22 bits per heavy atom. The minimum atomic E-state index is -0.551. The number of aromatic nitrogens is 2. The molecule has 0 radical (unpaired) electrons. The molecule has 0 bridgehead atoms. The fraction of sp³-hybridized carbons (Fsp3) is 0.250. The van der Waals surface area contributed by atoms with Crippen molar-refractivity contribution in [2.24, 2.45) is 0 Å². The predicted octanol–water partition coefficient (Wildman–Crippen LogP) is 1.47. The van der Waals surface area contributed by atoms with Crippen LogP contribution < -0.4 is 5.32 Å². The number of pyridine rings is 1. The van der Waals surface area contributed by atoms with Crippen molar-refractivity contribution in [3.63, 3.8) is 0 Å². The maximum atomic E-state index is 11.8. The minimum absolute atomic E-state index is 0.109. The molecule has 0 aliphatic carbocycles. The summed E-state index contributed by atoms with van der Waals surface area (Å²) >= 11 is 0. The average molecular weight is 247 g/mol. The van der Waals surface area contributed by atoms with Crippen LogP contribution in [0.15, 0.2) is 24.4 Å². The van der Waals surface area contributed by atoms with Gasteiger partial charge in [0.1, 0.15) is 5.65 Å². The summed E-state index contributed by atoms with van der Waals surface area (Å²) in [5, 5.41) is 2.60. The Labute approximate surface area is 104 Å². The molecular weight excluding hydrogens is 234 g/mol. The van der Waals surface area contributed by atoms with E-state index in [2.05, 4.69) is 10.3 Å². The molecule has 2 rings (SSSR count). The zero-order valence-electron chi connectivity index (χ0n) is 10.1. The number of hydrogen-bond acceptors (Lipinski definition) is 4. The van der Waals surface area contributed by atoms with Gasteiger partial charge in [0, 0.05) is 13.1 Å². The number of imidazole rings is 1. The standard InChI is InChI=1S/C12H13N3O3/c1-3-18-12(17)10-11(13-8(2)16)15-7-5-4-6-9(15)14-10/h4-7H,3H2,1-2H3,(H,13,16). The Hall–Kier alpha value is -2.37. The van der Waals surface area contributed by atoms with Crippen LogP contribution in [0.5, 0.6) is 0 Å². The van der Waals surface area contributed by atoms with Gasteiger partial charge in [0.25, 0.3) is 0 Å². The summed E-state index contributed by atoms with van der Waals surface area (Å²) in [6.45, 7) is 3.34. The number of hydrogen-bond donors (Lipinski definition) is 1. The molecule has 0 atom stereocenters. The number of fused-ring (bicyclic) bond motifs is 1. The highest BCUT2D eigenvalue weighted by Crippen LogP contribution is 2.19. The van der Waals surface area contributed by atoms with Gasteiger partial charge in [0.2, 0.25) is 5.91 Å². The molecule has 2 aromatic heterocycles. The highest BCUT2D eigenvalue weighted by molar-refractivity contribution is 5.99. The Morgan fingerprint density at radius 3 is 2.89 bits per heavy atom.